The molecule has 2 saturated heterocycles. The first kappa shape index (κ1) is 15.2. The number of aromatic amines is 1. The van der Waals surface area contributed by atoms with Gasteiger partial charge in [-0.05, 0) is 25.8 Å². The van der Waals surface area contributed by atoms with Crippen molar-refractivity contribution in [2.24, 2.45) is 0 Å². The lowest BCUT2D eigenvalue weighted by molar-refractivity contribution is -0.0366. The summed E-state index contributed by atoms with van der Waals surface area (Å²) in [6, 6.07) is 0.0790. The van der Waals surface area contributed by atoms with Crippen LogP contribution in [-0.2, 0) is 11.2 Å². The summed E-state index contributed by atoms with van der Waals surface area (Å²) in [7, 11) is 0. The number of carbonyl (C=O) groups is 2. The predicted molar refractivity (Wildman–Crippen MR) is 82.3 cm³/mol. The normalized spacial score (nSPS) is 24.4. The Kier molecular flexibility index (Phi) is 4.06. The summed E-state index contributed by atoms with van der Waals surface area (Å²) in [5.74, 6) is -0.0125. The molecule has 0 spiro atoms. The van der Waals surface area contributed by atoms with Crippen LogP contribution >= 0.6 is 0 Å². The van der Waals surface area contributed by atoms with Gasteiger partial charge in [0.1, 0.15) is 5.69 Å². The molecule has 1 aromatic rings. The second-order valence-corrected chi connectivity index (χ2v) is 6.02. The molecular weight excluding hydrogens is 282 g/mol. The smallest absolute Gasteiger partial charge is 0.271 e. The first-order chi connectivity index (χ1) is 10.5. The number of ether oxygens (including phenoxy) is 1. The standard InChI is InChI=1S/C16H23N3O3/c1-4-11-14(10(3)20)9(2)18-15(11)16(21)19-5-6-22-13-8-17-7-12(13)19/h12-13,17-18H,4-8H2,1-3H3/t12-,13+/m0/s1. The number of H-pyrrole nitrogens is 1. The number of amides is 1. The lowest BCUT2D eigenvalue weighted by atomic mass is 10.0. The molecule has 0 aromatic carbocycles. The average molecular weight is 305 g/mol. The molecule has 1 aromatic heterocycles. The molecule has 1 amide bonds. The fourth-order valence-corrected chi connectivity index (χ4v) is 3.68. The van der Waals surface area contributed by atoms with Gasteiger partial charge in [0.05, 0.1) is 18.8 Å². The van der Waals surface area contributed by atoms with Gasteiger partial charge in [-0.2, -0.15) is 0 Å². The third kappa shape index (κ3) is 2.36. The van der Waals surface area contributed by atoms with Gasteiger partial charge in [0, 0.05) is 30.9 Å². The van der Waals surface area contributed by atoms with Crippen molar-refractivity contribution in [1.29, 1.82) is 0 Å². The minimum atomic E-state index is -0.0190. The number of hydrogen-bond acceptors (Lipinski definition) is 4. The number of ketones is 1. The van der Waals surface area contributed by atoms with Gasteiger partial charge in [-0.15, -0.1) is 0 Å². The van der Waals surface area contributed by atoms with Crippen LogP contribution in [-0.4, -0.2) is 60.0 Å². The fraction of sp³-hybridized carbons (Fsp3) is 0.625. The van der Waals surface area contributed by atoms with Crippen molar-refractivity contribution in [2.45, 2.75) is 39.3 Å². The Balaban J connectivity index is 1.95. The Morgan fingerprint density at radius 3 is 2.82 bits per heavy atom. The number of Topliss-reactive ketones (excluding diaryl/α,β-unsaturated/α-hetero) is 1. The predicted octanol–water partition coefficient (Wildman–Crippen LogP) is 0.901. The maximum Gasteiger partial charge on any atom is 0.271 e. The van der Waals surface area contributed by atoms with E-state index in [1.807, 2.05) is 18.7 Å². The van der Waals surface area contributed by atoms with Gasteiger partial charge >= 0.3 is 0 Å². The Morgan fingerprint density at radius 2 is 2.14 bits per heavy atom. The maximum atomic E-state index is 13.0. The number of morpholine rings is 1. The number of carbonyl (C=O) groups excluding carboxylic acids is 2. The number of nitrogens with one attached hydrogen (secondary N) is 2. The summed E-state index contributed by atoms with van der Waals surface area (Å²) in [6.07, 6.45) is 0.739. The molecule has 2 aliphatic rings. The summed E-state index contributed by atoms with van der Waals surface area (Å²) in [5.41, 5.74) is 2.85. The van der Waals surface area contributed by atoms with Crippen LogP contribution in [0, 0.1) is 6.92 Å². The summed E-state index contributed by atoms with van der Waals surface area (Å²) >= 11 is 0. The lowest BCUT2D eigenvalue weighted by Gasteiger charge is -2.36. The van der Waals surface area contributed by atoms with Crippen LogP contribution in [0.1, 0.15) is 46.0 Å². The molecule has 6 heteroatoms. The van der Waals surface area contributed by atoms with E-state index in [1.54, 1.807) is 6.92 Å². The van der Waals surface area contributed by atoms with Gasteiger partial charge in [0.15, 0.2) is 5.78 Å². The van der Waals surface area contributed by atoms with E-state index >= 15 is 0 Å². The molecule has 6 nitrogen and oxygen atoms in total. The molecule has 0 bridgehead atoms. The molecule has 3 rings (SSSR count). The second-order valence-electron chi connectivity index (χ2n) is 6.02. The zero-order valence-electron chi connectivity index (χ0n) is 13.4. The zero-order chi connectivity index (χ0) is 15.9. The van der Waals surface area contributed by atoms with Crippen LogP contribution in [0.15, 0.2) is 0 Å². The molecule has 0 aliphatic carbocycles. The molecule has 22 heavy (non-hydrogen) atoms. The Labute approximate surface area is 130 Å². The molecule has 3 heterocycles. The van der Waals surface area contributed by atoms with Crippen molar-refractivity contribution in [1.82, 2.24) is 15.2 Å². The highest BCUT2D eigenvalue weighted by molar-refractivity contribution is 6.02. The van der Waals surface area contributed by atoms with Crippen molar-refractivity contribution in [3.8, 4) is 0 Å². The van der Waals surface area contributed by atoms with E-state index in [0.29, 0.717) is 30.8 Å². The van der Waals surface area contributed by atoms with Crippen molar-refractivity contribution in [2.75, 3.05) is 26.2 Å². The van der Waals surface area contributed by atoms with Crippen molar-refractivity contribution in [3.05, 3.63) is 22.5 Å². The van der Waals surface area contributed by atoms with Gasteiger partial charge in [0.2, 0.25) is 0 Å². The van der Waals surface area contributed by atoms with E-state index in [-0.39, 0.29) is 23.8 Å². The summed E-state index contributed by atoms with van der Waals surface area (Å²) in [5, 5.41) is 3.28. The highest BCUT2D eigenvalue weighted by Crippen LogP contribution is 2.25. The minimum Gasteiger partial charge on any atom is -0.373 e. The number of aromatic nitrogens is 1. The van der Waals surface area contributed by atoms with E-state index in [2.05, 4.69) is 10.3 Å². The zero-order valence-corrected chi connectivity index (χ0v) is 13.4. The quantitative estimate of drug-likeness (QED) is 0.814. The Bertz CT molecular complexity index is 608. The molecule has 2 fully saturated rings. The van der Waals surface area contributed by atoms with Crippen LogP contribution in [0.4, 0.5) is 0 Å². The van der Waals surface area contributed by atoms with Crippen LogP contribution in [0.25, 0.3) is 0 Å². The van der Waals surface area contributed by atoms with E-state index in [1.165, 1.54) is 0 Å². The number of nitrogens with zero attached hydrogens (tertiary/aromatic N) is 1. The highest BCUT2D eigenvalue weighted by atomic mass is 16.5. The van der Waals surface area contributed by atoms with Crippen LogP contribution < -0.4 is 5.32 Å². The second kappa shape index (κ2) is 5.85. The molecule has 0 radical (unpaired) electrons. The fourth-order valence-electron chi connectivity index (χ4n) is 3.68. The third-order valence-electron chi connectivity index (χ3n) is 4.66. The van der Waals surface area contributed by atoms with Crippen molar-refractivity contribution < 1.29 is 14.3 Å². The molecule has 0 saturated carbocycles. The summed E-state index contributed by atoms with van der Waals surface area (Å²) in [6.45, 7) is 8.09. The Hall–Kier alpha value is -1.66. The highest BCUT2D eigenvalue weighted by Gasteiger charge is 2.39. The van der Waals surface area contributed by atoms with E-state index < -0.39 is 0 Å². The van der Waals surface area contributed by atoms with E-state index in [9.17, 15) is 9.59 Å². The molecule has 0 unspecified atom stereocenters. The van der Waals surface area contributed by atoms with E-state index in [4.69, 9.17) is 4.74 Å². The first-order valence-corrected chi connectivity index (χ1v) is 7.90. The summed E-state index contributed by atoms with van der Waals surface area (Å²) in [4.78, 5) is 29.9. The SMILES string of the molecule is CCc1c(C(=O)N2CCO[C@@H]3CNC[C@@H]32)[nH]c(C)c1C(C)=O. The molecular formula is C16H23N3O3. The third-order valence-corrected chi connectivity index (χ3v) is 4.66. The number of hydrogen-bond donors (Lipinski definition) is 2. The molecule has 2 N–H and O–H groups in total. The number of fused-ring (bicyclic) bond motifs is 1. The monoisotopic (exact) mass is 305 g/mol. The van der Waals surface area contributed by atoms with E-state index in [0.717, 1.165) is 24.3 Å². The van der Waals surface area contributed by atoms with Gasteiger partial charge in [-0.3, -0.25) is 9.59 Å². The topological polar surface area (TPSA) is 74.4 Å². The van der Waals surface area contributed by atoms with Gasteiger partial charge in [-0.25, -0.2) is 0 Å². The van der Waals surface area contributed by atoms with Crippen LogP contribution in [0.2, 0.25) is 0 Å². The lowest BCUT2D eigenvalue weighted by Crippen LogP contribution is -2.53. The number of rotatable bonds is 3. The molecule has 2 aliphatic heterocycles. The first-order valence-electron chi connectivity index (χ1n) is 7.90. The van der Waals surface area contributed by atoms with Gasteiger partial charge < -0.3 is 19.9 Å². The maximum absolute atomic E-state index is 13.0. The minimum absolute atomic E-state index is 0.00652. The number of aryl methyl sites for hydroxylation is 1. The van der Waals surface area contributed by atoms with Crippen LogP contribution in [0.5, 0.6) is 0 Å². The summed E-state index contributed by atoms with van der Waals surface area (Å²) < 4.78 is 5.72. The van der Waals surface area contributed by atoms with Crippen molar-refractivity contribution in [3.63, 3.8) is 0 Å². The molecule has 2 atom stereocenters. The van der Waals surface area contributed by atoms with Gasteiger partial charge in [0.25, 0.3) is 5.91 Å². The largest absolute Gasteiger partial charge is 0.373 e. The van der Waals surface area contributed by atoms with Crippen LogP contribution in [0.3, 0.4) is 0 Å². The molecule has 120 valence electrons. The van der Waals surface area contributed by atoms with Gasteiger partial charge in [-0.1, -0.05) is 6.92 Å². The Morgan fingerprint density at radius 1 is 1.36 bits per heavy atom. The van der Waals surface area contributed by atoms with Crippen molar-refractivity contribution >= 4 is 11.7 Å². The average Bonchev–Trinajstić information content (AvgIpc) is 3.09.